The SMILES string of the molecule is O/C=C/CCO. The third kappa shape index (κ3) is 3.50. The third-order valence-corrected chi connectivity index (χ3v) is 0.401. The molecule has 0 fully saturated rings. The van der Waals surface area contributed by atoms with Gasteiger partial charge in [0.1, 0.15) is 0 Å². The van der Waals surface area contributed by atoms with Crippen LogP contribution >= 0.6 is 0 Å². The predicted octanol–water partition coefficient (Wildman–Crippen LogP) is 0.440. The van der Waals surface area contributed by atoms with Crippen molar-refractivity contribution in [3.63, 3.8) is 0 Å². The molecule has 0 unspecified atom stereocenters. The molecule has 0 saturated carbocycles. The smallest absolute Gasteiger partial charge is 0.0752 e. The van der Waals surface area contributed by atoms with E-state index in [1.54, 1.807) is 0 Å². The Hall–Kier alpha value is -0.500. The minimum absolute atomic E-state index is 0.108. The predicted molar refractivity (Wildman–Crippen MR) is 23.5 cm³/mol. The van der Waals surface area contributed by atoms with Crippen molar-refractivity contribution >= 4 is 0 Å². The van der Waals surface area contributed by atoms with E-state index in [1.807, 2.05) is 0 Å². The zero-order valence-corrected chi connectivity index (χ0v) is 3.46. The molecule has 0 atom stereocenters. The first-order valence-corrected chi connectivity index (χ1v) is 1.82. The van der Waals surface area contributed by atoms with E-state index in [1.165, 1.54) is 6.08 Å². The van der Waals surface area contributed by atoms with Crippen LogP contribution in [0.4, 0.5) is 0 Å². The fourth-order valence-electron chi connectivity index (χ4n) is 0.149. The summed E-state index contributed by atoms with van der Waals surface area (Å²) in [6.45, 7) is 0.108. The maximum Gasteiger partial charge on any atom is 0.0752 e. The van der Waals surface area contributed by atoms with Crippen LogP contribution in [0.25, 0.3) is 0 Å². The fourth-order valence-corrected chi connectivity index (χ4v) is 0.149. The van der Waals surface area contributed by atoms with Crippen molar-refractivity contribution < 1.29 is 10.2 Å². The van der Waals surface area contributed by atoms with Gasteiger partial charge in [0.05, 0.1) is 6.26 Å². The maximum atomic E-state index is 8.04. The molecule has 0 rings (SSSR count). The van der Waals surface area contributed by atoms with Gasteiger partial charge in [-0.25, -0.2) is 0 Å². The van der Waals surface area contributed by atoms with Gasteiger partial charge in [-0.15, -0.1) is 0 Å². The van der Waals surface area contributed by atoms with Gasteiger partial charge in [-0.05, 0) is 12.5 Å². The van der Waals surface area contributed by atoms with Gasteiger partial charge in [-0.1, -0.05) is 0 Å². The summed E-state index contributed by atoms with van der Waals surface area (Å²) in [5.74, 6) is 0. The second kappa shape index (κ2) is 4.50. The summed E-state index contributed by atoms with van der Waals surface area (Å²) in [7, 11) is 0. The zero-order chi connectivity index (χ0) is 4.83. The van der Waals surface area contributed by atoms with Crippen molar-refractivity contribution in [3.8, 4) is 0 Å². The minimum atomic E-state index is 0.108. The van der Waals surface area contributed by atoms with E-state index in [-0.39, 0.29) is 6.61 Å². The van der Waals surface area contributed by atoms with Crippen molar-refractivity contribution in [3.05, 3.63) is 12.3 Å². The number of hydrogen-bond acceptors (Lipinski definition) is 2. The Labute approximate surface area is 36.7 Å². The standard InChI is InChI=1S/C4H8O2/c5-3-1-2-4-6/h1,3,5-6H,2,4H2/b3-1+. The lowest BCUT2D eigenvalue weighted by Crippen LogP contribution is -1.73. The van der Waals surface area contributed by atoms with Gasteiger partial charge in [-0.3, -0.25) is 0 Å². The molecule has 0 spiro atoms. The van der Waals surface area contributed by atoms with Crippen molar-refractivity contribution in [2.45, 2.75) is 6.42 Å². The first-order chi connectivity index (χ1) is 2.91. The molecular formula is C4H8O2. The summed E-state index contributed by atoms with van der Waals surface area (Å²) in [5.41, 5.74) is 0. The van der Waals surface area contributed by atoms with Crippen molar-refractivity contribution in [2.75, 3.05) is 6.61 Å². The van der Waals surface area contributed by atoms with E-state index < -0.39 is 0 Å². The van der Waals surface area contributed by atoms with E-state index in [4.69, 9.17) is 10.2 Å². The fraction of sp³-hybridized carbons (Fsp3) is 0.500. The van der Waals surface area contributed by atoms with Gasteiger partial charge in [0.15, 0.2) is 0 Å². The number of aliphatic hydroxyl groups excluding tert-OH is 2. The molecule has 2 nitrogen and oxygen atoms in total. The molecule has 0 aromatic rings. The van der Waals surface area contributed by atoms with Crippen LogP contribution in [0.2, 0.25) is 0 Å². The lowest BCUT2D eigenvalue weighted by molar-refractivity contribution is 0.301. The van der Waals surface area contributed by atoms with Crippen LogP contribution in [-0.2, 0) is 0 Å². The van der Waals surface area contributed by atoms with Gasteiger partial charge in [-0.2, -0.15) is 0 Å². The van der Waals surface area contributed by atoms with Crippen LogP contribution in [0.15, 0.2) is 12.3 Å². The van der Waals surface area contributed by atoms with E-state index in [0.717, 1.165) is 6.26 Å². The molecule has 0 aliphatic rings. The zero-order valence-electron chi connectivity index (χ0n) is 3.46. The molecule has 0 aromatic heterocycles. The second-order valence-electron chi connectivity index (χ2n) is 0.897. The highest BCUT2D eigenvalue weighted by molar-refractivity contribution is 4.69. The molecule has 0 amide bonds. The normalized spacial score (nSPS) is 10.2. The molecule has 0 aromatic carbocycles. The van der Waals surface area contributed by atoms with Crippen LogP contribution in [0, 0.1) is 0 Å². The Balaban J connectivity index is 2.66. The van der Waals surface area contributed by atoms with E-state index in [9.17, 15) is 0 Å². The summed E-state index contributed by atoms with van der Waals surface area (Å²) in [6.07, 6.45) is 2.95. The molecule has 36 valence electrons. The number of aliphatic hydroxyl groups is 2. The molecule has 0 bridgehead atoms. The van der Waals surface area contributed by atoms with Gasteiger partial charge < -0.3 is 10.2 Å². The van der Waals surface area contributed by atoms with Crippen molar-refractivity contribution in [2.24, 2.45) is 0 Å². The molecule has 0 heterocycles. The highest BCUT2D eigenvalue weighted by Gasteiger charge is 1.67. The topological polar surface area (TPSA) is 40.5 Å². The highest BCUT2D eigenvalue weighted by Crippen LogP contribution is 1.74. The number of hydrogen-bond donors (Lipinski definition) is 2. The molecule has 0 aliphatic heterocycles. The van der Waals surface area contributed by atoms with E-state index in [0.29, 0.717) is 6.42 Å². The quantitative estimate of drug-likeness (QED) is 0.481. The monoisotopic (exact) mass is 88.1 g/mol. The molecule has 0 radical (unpaired) electrons. The van der Waals surface area contributed by atoms with E-state index >= 15 is 0 Å². The van der Waals surface area contributed by atoms with Crippen molar-refractivity contribution in [1.29, 1.82) is 0 Å². The lowest BCUT2D eigenvalue weighted by atomic mass is 10.5. The maximum absolute atomic E-state index is 8.04. The van der Waals surface area contributed by atoms with Gasteiger partial charge in [0, 0.05) is 6.61 Å². The Bertz CT molecular complexity index is 40.8. The lowest BCUT2D eigenvalue weighted by Gasteiger charge is -1.76. The van der Waals surface area contributed by atoms with E-state index in [2.05, 4.69) is 0 Å². The average Bonchev–Trinajstić information content (AvgIpc) is 1.61. The first kappa shape index (κ1) is 5.50. The molecule has 0 aliphatic carbocycles. The minimum Gasteiger partial charge on any atom is -0.516 e. The van der Waals surface area contributed by atoms with Crippen LogP contribution in [0.3, 0.4) is 0 Å². The molecule has 6 heavy (non-hydrogen) atoms. The van der Waals surface area contributed by atoms with Crippen LogP contribution in [-0.4, -0.2) is 16.8 Å². The largest absolute Gasteiger partial charge is 0.516 e. The first-order valence-electron chi connectivity index (χ1n) is 1.82. The van der Waals surface area contributed by atoms with Crippen LogP contribution in [0.5, 0.6) is 0 Å². The van der Waals surface area contributed by atoms with Crippen LogP contribution in [0.1, 0.15) is 6.42 Å². The van der Waals surface area contributed by atoms with Crippen molar-refractivity contribution in [1.82, 2.24) is 0 Å². The second-order valence-corrected chi connectivity index (χ2v) is 0.897. The van der Waals surface area contributed by atoms with Gasteiger partial charge in [0.2, 0.25) is 0 Å². The molecule has 2 heteroatoms. The number of rotatable bonds is 2. The summed E-state index contributed by atoms with van der Waals surface area (Å²) >= 11 is 0. The Morgan fingerprint density at radius 1 is 1.50 bits per heavy atom. The summed E-state index contributed by atoms with van der Waals surface area (Å²) in [6, 6.07) is 0. The Morgan fingerprint density at radius 3 is 2.33 bits per heavy atom. The Morgan fingerprint density at radius 2 is 2.17 bits per heavy atom. The summed E-state index contributed by atoms with van der Waals surface area (Å²) < 4.78 is 0. The third-order valence-electron chi connectivity index (χ3n) is 0.401. The molecular weight excluding hydrogens is 80.0 g/mol. The highest BCUT2D eigenvalue weighted by atomic mass is 16.3. The van der Waals surface area contributed by atoms with Gasteiger partial charge >= 0.3 is 0 Å². The average molecular weight is 88.1 g/mol. The summed E-state index contributed by atoms with van der Waals surface area (Å²) in [5, 5.41) is 15.9. The molecule has 0 saturated heterocycles. The van der Waals surface area contributed by atoms with Gasteiger partial charge in [0.25, 0.3) is 0 Å². The summed E-state index contributed by atoms with van der Waals surface area (Å²) in [4.78, 5) is 0. The Kier molecular flexibility index (Phi) is 4.12. The molecule has 2 N–H and O–H groups in total. The van der Waals surface area contributed by atoms with Crippen LogP contribution < -0.4 is 0 Å².